The third-order valence-corrected chi connectivity index (χ3v) is 5.85. The number of fused-ring (bicyclic) bond motifs is 1. The summed E-state index contributed by atoms with van der Waals surface area (Å²) in [5, 5.41) is 2.69. The van der Waals surface area contributed by atoms with Crippen LogP contribution in [0.25, 0.3) is 0 Å². The van der Waals surface area contributed by atoms with E-state index in [1.807, 2.05) is 0 Å². The van der Waals surface area contributed by atoms with Gasteiger partial charge in [-0.1, -0.05) is 25.7 Å². The number of sulfonamides is 1. The van der Waals surface area contributed by atoms with Gasteiger partial charge in [-0.25, -0.2) is 13.1 Å². The summed E-state index contributed by atoms with van der Waals surface area (Å²) < 4.78 is 33.5. The van der Waals surface area contributed by atoms with Gasteiger partial charge < -0.3 is 10.1 Å². The molecule has 1 heterocycles. The molecule has 1 aromatic rings. The molecule has 7 heteroatoms. The molecule has 1 amide bonds. The van der Waals surface area contributed by atoms with E-state index in [1.54, 1.807) is 6.07 Å². The Morgan fingerprint density at radius 1 is 1.13 bits per heavy atom. The Morgan fingerprint density at radius 3 is 2.61 bits per heavy atom. The summed E-state index contributed by atoms with van der Waals surface area (Å²) in [6.07, 6.45) is 6.16. The summed E-state index contributed by atoms with van der Waals surface area (Å²) in [6, 6.07) is 4.43. The molecular weight excluding hydrogens is 316 g/mol. The minimum absolute atomic E-state index is 0.0219. The zero-order valence-corrected chi connectivity index (χ0v) is 13.8. The standard InChI is InChI=1S/C16H22N2O4S/c19-16-14-11-13(7-8-15(14)22-10-9-17-16)23(20,21)18-12-5-3-1-2-4-6-12/h7-8,11-12,18H,1-6,9-10H2,(H,17,19). The van der Waals surface area contributed by atoms with Crippen molar-refractivity contribution in [1.29, 1.82) is 0 Å². The summed E-state index contributed by atoms with van der Waals surface area (Å²) in [5.74, 6) is 0.123. The monoisotopic (exact) mass is 338 g/mol. The van der Waals surface area contributed by atoms with Gasteiger partial charge in [-0.05, 0) is 31.0 Å². The summed E-state index contributed by atoms with van der Waals surface area (Å²) in [4.78, 5) is 12.1. The van der Waals surface area contributed by atoms with Gasteiger partial charge in [-0.2, -0.15) is 0 Å². The molecule has 0 unspecified atom stereocenters. The molecule has 1 aliphatic heterocycles. The van der Waals surface area contributed by atoms with Crippen LogP contribution >= 0.6 is 0 Å². The minimum Gasteiger partial charge on any atom is -0.491 e. The van der Waals surface area contributed by atoms with Crippen molar-refractivity contribution in [1.82, 2.24) is 10.0 Å². The molecule has 2 aliphatic rings. The van der Waals surface area contributed by atoms with Crippen LogP contribution in [-0.2, 0) is 10.0 Å². The van der Waals surface area contributed by atoms with Crippen LogP contribution in [0.4, 0.5) is 0 Å². The molecule has 0 atom stereocenters. The van der Waals surface area contributed by atoms with Crippen LogP contribution in [0.15, 0.2) is 23.1 Å². The van der Waals surface area contributed by atoms with Gasteiger partial charge in [-0.3, -0.25) is 4.79 Å². The molecule has 1 fully saturated rings. The van der Waals surface area contributed by atoms with Crippen molar-refractivity contribution in [2.75, 3.05) is 13.2 Å². The number of ether oxygens (including phenoxy) is 1. The van der Waals surface area contributed by atoms with E-state index in [9.17, 15) is 13.2 Å². The largest absolute Gasteiger partial charge is 0.491 e. The number of hydrogen-bond acceptors (Lipinski definition) is 4. The van der Waals surface area contributed by atoms with Gasteiger partial charge in [0.1, 0.15) is 12.4 Å². The predicted molar refractivity (Wildman–Crippen MR) is 86.1 cm³/mol. The first-order valence-corrected chi connectivity index (χ1v) is 9.62. The molecule has 6 nitrogen and oxygen atoms in total. The lowest BCUT2D eigenvalue weighted by atomic mass is 10.1. The molecule has 23 heavy (non-hydrogen) atoms. The highest BCUT2D eigenvalue weighted by Crippen LogP contribution is 2.25. The molecule has 1 saturated carbocycles. The first-order valence-electron chi connectivity index (χ1n) is 8.14. The van der Waals surface area contributed by atoms with E-state index in [2.05, 4.69) is 10.0 Å². The van der Waals surface area contributed by atoms with Gasteiger partial charge in [0.15, 0.2) is 0 Å². The molecule has 126 valence electrons. The van der Waals surface area contributed by atoms with Gasteiger partial charge in [0.05, 0.1) is 17.0 Å². The fourth-order valence-electron chi connectivity index (χ4n) is 3.09. The maximum atomic E-state index is 12.6. The van der Waals surface area contributed by atoms with Crippen molar-refractivity contribution in [2.24, 2.45) is 0 Å². The Labute approximate surface area is 136 Å². The Kier molecular flexibility index (Phi) is 4.87. The van der Waals surface area contributed by atoms with E-state index < -0.39 is 10.0 Å². The Balaban J connectivity index is 1.83. The molecule has 0 radical (unpaired) electrons. The van der Waals surface area contributed by atoms with Crippen LogP contribution in [0.1, 0.15) is 48.9 Å². The van der Waals surface area contributed by atoms with E-state index in [-0.39, 0.29) is 22.4 Å². The SMILES string of the molecule is O=C1NCCOc2ccc(S(=O)(=O)NC3CCCCCC3)cc21. The first-order chi connectivity index (χ1) is 11.1. The normalized spacial score (nSPS) is 19.9. The van der Waals surface area contributed by atoms with Crippen molar-refractivity contribution >= 4 is 15.9 Å². The maximum absolute atomic E-state index is 12.6. The summed E-state index contributed by atoms with van der Waals surface area (Å²) in [7, 11) is -3.63. The number of nitrogens with one attached hydrogen (secondary N) is 2. The van der Waals surface area contributed by atoms with Gasteiger partial charge >= 0.3 is 0 Å². The molecule has 0 aromatic heterocycles. The van der Waals surface area contributed by atoms with Crippen LogP contribution in [0.3, 0.4) is 0 Å². The fraction of sp³-hybridized carbons (Fsp3) is 0.562. The third kappa shape index (κ3) is 3.84. The van der Waals surface area contributed by atoms with Crippen molar-refractivity contribution < 1.29 is 17.9 Å². The van der Waals surface area contributed by atoms with Gasteiger partial charge in [0.2, 0.25) is 10.0 Å². The quantitative estimate of drug-likeness (QED) is 0.823. The van der Waals surface area contributed by atoms with E-state index >= 15 is 0 Å². The molecule has 0 saturated heterocycles. The average Bonchev–Trinajstić information content (AvgIpc) is 2.88. The van der Waals surface area contributed by atoms with E-state index in [4.69, 9.17) is 4.74 Å². The number of carbonyl (C=O) groups excluding carboxylic acids is 1. The van der Waals surface area contributed by atoms with Crippen molar-refractivity contribution in [2.45, 2.75) is 49.5 Å². The Morgan fingerprint density at radius 2 is 1.87 bits per heavy atom. The third-order valence-electron chi connectivity index (χ3n) is 4.33. The van der Waals surface area contributed by atoms with Gasteiger partial charge in [0, 0.05) is 6.04 Å². The van der Waals surface area contributed by atoms with Crippen LogP contribution in [-0.4, -0.2) is 33.5 Å². The van der Waals surface area contributed by atoms with Crippen LogP contribution < -0.4 is 14.8 Å². The number of hydrogen-bond donors (Lipinski definition) is 2. The molecule has 3 rings (SSSR count). The maximum Gasteiger partial charge on any atom is 0.255 e. The fourth-order valence-corrected chi connectivity index (χ4v) is 4.42. The number of amides is 1. The molecule has 0 spiro atoms. The molecule has 2 N–H and O–H groups in total. The van der Waals surface area contributed by atoms with E-state index in [0.717, 1.165) is 38.5 Å². The highest BCUT2D eigenvalue weighted by Gasteiger charge is 2.24. The number of carbonyl (C=O) groups is 1. The Hall–Kier alpha value is -1.60. The molecule has 0 bridgehead atoms. The Bertz CT molecular complexity index is 679. The summed E-state index contributed by atoms with van der Waals surface area (Å²) in [6.45, 7) is 0.793. The lowest BCUT2D eigenvalue weighted by molar-refractivity contribution is 0.0957. The molecule has 1 aromatic carbocycles. The van der Waals surface area contributed by atoms with Crippen LogP contribution in [0, 0.1) is 0 Å². The summed E-state index contributed by atoms with van der Waals surface area (Å²) >= 11 is 0. The second-order valence-electron chi connectivity index (χ2n) is 6.07. The van der Waals surface area contributed by atoms with E-state index in [0.29, 0.717) is 18.9 Å². The van der Waals surface area contributed by atoms with Crippen LogP contribution in [0.2, 0.25) is 0 Å². The molecular formula is C16H22N2O4S. The van der Waals surface area contributed by atoms with E-state index in [1.165, 1.54) is 12.1 Å². The topological polar surface area (TPSA) is 84.5 Å². The number of benzene rings is 1. The lowest BCUT2D eigenvalue weighted by Gasteiger charge is -2.17. The van der Waals surface area contributed by atoms with Gasteiger partial charge in [0.25, 0.3) is 5.91 Å². The zero-order valence-electron chi connectivity index (χ0n) is 13.0. The van der Waals surface area contributed by atoms with Crippen molar-refractivity contribution in [3.63, 3.8) is 0 Å². The second-order valence-corrected chi connectivity index (χ2v) is 7.79. The van der Waals surface area contributed by atoms with Crippen LogP contribution in [0.5, 0.6) is 5.75 Å². The first kappa shape index (κ1) is 16.3. The highest BCUT2D eigenvalue weighted by molar-refractivity contribution is 7.89. The zero-order chi connectivity index (χ0) is 16.3. The minimum atomic E-state index is -3.63. The lowest BCUT2D eigenvalue weighted by Crippen LogP contribution is -2.34. The number of rotatable bonds is 3. The highest BCUT2D eigenvalue weighted by atomic mass is 32.2. The summed E-state index contributed by atoms with van der Waals surface area (Å²) in [5.41, 5.74) is 0.270. The second kappa shape index (κ2) is 6.88. The predicted octanol–water partition coefficient (Wildman–Crippen LogP) is 1.81. The smallest absolute Gasteiger partial charge is 0.255 e. The van der Waals surface area contributed by atoms with Crippen molar-refractivity contribution in [3.05, 3.63) is 23.8 Å². The molecule has 1 aliphatic carbocycles. The van der Waals surface area contributed by atoms with Gasteiger partial charge in [-0.15, -0.1) is 0 Å². The van der Waals surface area contributed by atoms with Crippen molar-refractivity contribution in [3.8, 4) is 5.75 Å². The average molecular weight is 338 g/mol.